The maximum atomic E-state index is 12.6. The van der Waals surface area contributed by atoms with Crippen LogP contribution in [0.25, 0.3) is 11.3 Å². The summed E-state index contributed by atoms with van der Waals surface area (Å²) < 4.78 is 47.1. The van der Waals surface area contributed by atoms with Crippen molar-refractivity contribution in [1.29, 1.82) is 5.26 Å². The molecule has 1 amide bonds. The molecule has 2 aromatic rings. The van der Waals surface area contributed by atoms with Crippen LogP contribution in [0.5, 0.6) is 5.75 Å². The molecule has 0 bridgehead atoms. The second-order valence-electron chi connectivity index (χ2n) is 6.12. The summed E-state index contributed by atoms with van der Waals surface area (Å²) in [5, 5.41) is 14.9. The first kappa shape index (κ1) is 18.7. The van der Waals surface area contributed by atoms with Crippen LogP contribution < -0.4 is 15.4 Å². The van der Waals surface area contributed by atoms with Crippen molar-refractivity contribution in [2.45, 2.75) is 31.8 Å². The number of nitriles is 1. The fourth-order valence-electron chi connectivity index (χ4n) is 2.80. The van der Waals surface area contributed by atoms with Crippen LogP contribution in [-0.4, -0.2) is 35.9 Å². The smallest absolute Gasteiger partial charge is 0.432 e. The maximum Gasteiger partial charge on any atom is 0.573 e. The van der Waals surface area contributed by atoms with Crippen LogP contribution in [0.1, 0.15) is 29.6 Å². The summed E-state index contributed by atoms with van der Waals surface area (Å²) in [7, 11) is 0. The number of oxazole rings is 1. The van der Waals surface area contributed by atoms with E-state index >= 15 is 0 Å². The Hall–Kier alpha value is -3.06. The SMILES string of the molecule is C[C@@H]1C[C@@H](NC(=O)c2ncc(-c3cc(C#N)ccc3OC(F)(F)F)o2)CN1. The first-order valence-corrected chi connectivity index (χ1v) is 8.05. The Balaban J connectivity index is 1.84. The molecule has 1 fully saturated rings. The minimum absolute atomic E-state index is 0.0890. The van der Waals surface area contributed by atoms with E-state index in [1.807, 2.05) is 13.0 Å². The van der Waals surface area contributed by atoms with E-state index in [4.69, 9.17) is 9.68 Å². The van der Waals surface area contributed by atoms with Gasteiger partial charge >= 0.3 is 12.3 Å². The van der Waals surface area contributed by atoms with Crippen LogP contribution in [0, 0.1) is 11.3 Å². The molecule has 3 rings (SSSR count). The van der Waals surface area contributed by atoms with Crippen molar-refractivity contribution < 1.29 is 27.1 Å². The van der Waals surface area contributed by atoms with Crippen molar-refractivity contribution in [3.05, 3.63) is 35.9 Å². The van der Waals surface area contributed by atoms with Crippen molar-refractivity contribution in [1.82, 2.24) is 15.6 Å². The number of halogens is 3. The molecule has 1 aliphatic heterocycles. The highest BCUT2D eigenvalue weighted by atomic mass is 19.4. The molecule has 10 heteroatoms. The number of carbonyl (C=O) groups excluding carboxylic acids is 1. The van der Waals surface area contributed by atoms with E-state index < -0.39 is 18.0 Å². The van der Waals surface area contributed by atoms with Crippen molar-refractivity contribution >= 4 is 5.91 Å². The first-order chi connectivity index (χ1) is 12.7. The third kappa shape index (κ3) is 4.57. The molecule has 1 saturated heterocycles. The van der Waals surface area contributed by atoms with E-state index in [2.05, 4.69) is 20.4 Å². The van der Waals surface area contributed by atoms with Gasteiger partial charge in [-0.25, -0.2) is 4.98 Å². The van der Waals surface area contributed by atoms with E-state index in [0.717, 1.165) is 18.7 Å². The predicted octanol–water partition coefficient (Wildman–Crippen LogP) is 2.59. The molecular weight excluding hydrogens is 365 g/mol. The van der Waals surface area contributed by atoms with Gasteiger partial charge in [0, 0.05) is 18.6 Å². The van der Waals surface area contributed by atoms with Crippen LogP contribution in [0.15, 0.2) is 28.8 Å². The summed E-state index contributed by atoms with van der Waals surface area (Å²) in [4.78, 5) is 16.1. The standard InChI is InChI=1S/C17H15F3N4O3/c1-9-4-11(7-22-9)24-15(25)16-23-8-14(26-16)12-5-10(6-21)2-3-13(12)27-17(18,19)20/h2-3,5,8-9,11,22H,4,7H2,1H3,(H,24,25)/t9-,11-/m1/s1. The zero-order chi connectivity index (χ0) is 19.6. The lowest BCUT2D eigenvalue weighted by Crippen LogP contribution is -2.36. The lowest BCUT2D eigenvalue weighted by Gasteiger charge is -2.12. The van der Waals surface area contributed by atoms with Crippen LogP contribution in [0.4, 0.5) is 13.2 Å². The molecule has 142 valence electrons. The average Bonchev–Trinajstić information content (AvgIpc) is 3.23. The number of rotatable bonds is 4. The summed E-state index contributed by atoms with van der Waals surface area (Å²) in [6, 6.07) is 5.37. The fourth-order valence-corrected chi connectivity index (χ4v) is 2.80. The molecule has 27 heavy (non-hydrogen) atoms. The lowest BCUT2D eigenvalue weighted by atomic mass is 10.1. The number of carbonyl (C=O) groups is 1. The van der Waals surface area contributed by atoms with E-state index in [0.29, 0.717) is 6.54 Å². The summed E-state index contributed by atoms with van der Waals surface area (Å²) in [6.45, 7) is 2.59. The molecule has 7 nitrogen and oxygen atoms in total. The van der Waals surface area contributed by atoms with Gasteiger partial charge < -0.3 is 19.8 Å². The van der Waals surface area contributed by atoms with E-state index in [1.54, 1.807) is 0 Å². The quantitative estimate of drug-likeness (QED) is 0.846. The molecule has 0 radical (unpaired) electrons. The van der Waals surface area contributed by atoms with Gasteiger partial charge in [-0.05, 0) is 31.5 Å². The van der Waals surface area contributed by atoms with Gasteiger partial charge in [-0.3, -0.25) is 4.79 Å². The van der Waals surface area contributed by atoms with Crippen molar-refractivity contribution in [3.8, 4) is 23.1 Å². The van der Waals surface area contributed by atoms with E-state index in [-0.39, 0.29) is 34.9 Å². The molecule has 2 heterocycles. The van der Waals surface area contributed by atoms with E-state index in [1.165, 1.54) is 12.1 Å². The lowest BCUT2D eigenvalue weighted by molar-refractivity contribution is -0.274. The number of amides is 1. The molecule has 0 spiro atoms. The molecular formula is C17H15F3N4O3. The fraction of sp³-hybridized carbons (Fsp3) is 0.353. The molecule has 2 atom stereocenters. The molecule has 0 aliphatic carbocycles. The first-order valence-electron chi connectivity index (χ1n) is 8.05. The normalized spacial score (nSPS) is 19.5. The van der Waals surface area contributed by atoms with Gasteiger partial charge in [0.25, 0.3) is 5.89 Å². The maximum absolute atomic E-state index is 12.6. The highest BCUT2D eigenvalue weighted by Crippen LogP contribution is 2.35. The molecule has 0 saturated carbocycles. The number of alkyl halides is 3. The Morgan fingerprint density at radius 2 is 2.26 bits per heavy atom. The molecule has 1 aliphatic rings. The Morgan fingerprint density at radius 3 is 2.89 bits per heavy atom. The monoisotopic (exact) mass is 380 g/mol. The Morgan fingerprint density at radius 1 is 1.48 bits per heavy atom. The third-order valence-corrected chi connectivity index (χ3v) is 3.99. The number of aromatic nitrogens is 1. The zero-order valence-corrected chi connectivity index (χ0v) is 14.1. The van der Waals surface area contributed by atoms with Gasteiger partial charge in [-0.15, -0.1) is 13.2 Å². The molecule has 0 unspecified atom stereocenters. The van der Waals surface area contributed by atoms with Gasteiger partial charge in [-0.2, -0.15) is 5.26 Å². The molecule has 2 N–H and O–H groups in total. The number of hydrogen-bond acceptors (Lipinski definition) is 6. The zero-order valence-electron chi connectivity index (χ0n) is 14.1. The van der Waals surface area contributed by atoms with Crippen LogP contribution >= 0.6 is 0 Å². The second kappa shape index (κ2) is 7.28. The Kier molecular flexibility index (Phi) is 5.05. The predicted molar refractivity (Wildman–Crippen MR) is 86.7 cm³/mol. The average molecular weight is 380 g/mol. The second-order valence-corrected chi connectivity index (χ2v) is 6.12. The largest absolute Gasteiger partial charge is 0.573 e. The number of hydrogen-bond donors (Lipinski definition) is 2. The van der Waals surface area contributed by atoms with Gasteiger partial charge in [-0.1, -0.05) is 0 Å². The third-order valence-electron chi connectivity index (χ3n) is 3.99. The topological polar surface area (TPSA) is 100 Å². The highest BCUT2D eigenvalue weighted by Gasteiger charge is 2.33. The van der Waals surface area contributed by atoms with Crippen molar-refractivity contribution in [2.24, 2.45) is 0 Å². The van der Waals surface area contributed by atoms with Gasteiger partial charge in [0.1, 0.15) is 5.75 Å². The molecule has 1 aromatic carbocycles. The van der Waals surface area contributed by atoms with Crippen LogP contribution in [0.2, 0.25) is 0 Å². The summed E-state index contributed by atoms with van der Waals surface area (Å²) >= 11 is 0. The van der Waals surface area contributed by atoms with Crippen molar-refractivity contribution in [3.63, 3.8) is 0 Å². The Bertz CT molecular complexity index is 888. The number of benzene rings is 1. The molecule has 1 aromatic heterocycles. The number of nitrogens with zero attached hydrogens (tertiary/aromatic N) is 2. The van der Waals surface area contributed by atoms with Gasteiger partial charge in [0.2, 0.25) is 0 Å². The minimum Gasteiger partial charge on any atom is -0.432 e. The summed E-state index contributed by atoms with van der Waals surface area (Å²) in [6.07, 6.45) is -3.06. The van der Waals surface area contributed by atoms with E-state index in [9.17, 15) is 18.0 Å². The Labute approximate surface area is 152 Å². The van der Waals surface area contributed by atoms with Gasteiger partial charge in [0.15, 0.2) is 5.76 Å². The highest BCUT2D eigenvalue weighted by molar-refractivity contribution is 5.90. The number of ether oxygens (including phenoxy) is 1. The van der Waals surface area contributed by atoms with Crippen LogP contribution in [-0.2, 0) is 0 Å². The summed E-state index contributed by atoms with van der Waals surface area (Å²) in [5.74, 6) is -1.53. The number of nitrogens with one attached hydrogen (secondary N) is 2. The van der Waals surface area contributed by atoms with Gasteiger partial charge in [0.05, 0.1) is 23.4 Å². The van der Waals surface area contributed by atoms with Crippen molar-refractivity contribution in [2.75, 3.05) is 6.54 Å². The minimum atomic E-state index is -4.92. The van der Waals surface area contributed by atoms with Crippen LogP contribution in [0.3, 0.4) is 0 Å². The summed E-state index contributed by atoms with van der Waals surface area (Å²) in [5.41, 5.74) is -0.0259.